The van der Waals surface area contributed by atoms with Gasteiger partial charge in [0.25, 0.3) is 0 Å². The number of carbonyl (C=O) groups is 1. The fourth-order valence-electron chi connectivity index (χ4n) is 4.71. The smallest absolute Gasteiger partial charge is 0.307 e. The second-order valence-corrected chi connectivity index (χ2v) is 8.89. The molecule has 0 radical (unpaired) electrons. The summed E-state index contributed by atoms with van der Waals surface area (Å²) < 4.78 is 6.45. The van der Waals surface area contributed by atoms with E-state index in [2.05, 4.69) is 18.2 Å². The molecule has 2 unspecified atom stereocenters. The molecule has 4 heteroatoms. The largest absolute Gasteiger partial charge is 0.481 e. The monoisotopic (exact) mass is 457 g/mol. The van der Waals surface area contributed by atoms with Crippen molar-refractivity contribution >= 4 is 5.97 Å². The first kappa shape index (κ1) is 21.1. The van der Waals surface area contributed by atoms with Crippen LogP contribution in [0.25, 0.3) is 45.2 Å². The van der Waals surface area contributed by atoms with Crippen molar-refractivity contribution in [2.24, 2.45) is 5.92 Å². The van der Waals surface area contributed by atoms with Crippen LogP contribution in [-0.2, 0) is 4.79 Å². The number of carboxylic acids is 1. The number of rotatable bonds is 6. The molecule has 1 saturated carbocycles. The number of benzene rings is 4. The predicted molar refractivity (Wildman–Crippen MR) is 137 cm³/mol. The van der Waals surface area contributed by atoms with E-state index in [0.29, 0.717) is 12.3 Å². The lowest BCUT2D eigenvalue weighted by atomic mass is 9.96. The SMILES string of the molecule is O=C(O)C1CC1c1cccc(-c2ccccc2-c2nc(-c3ccccc3)c(-c3ccccc3)o2)c1. The van der Waals surface area contributed by atoms with Crippen LogP contribution < -0.4 is 0 Å². The van der Waals surface area contributed by atoms with Gasteiger partial charge in [-0.25, -0.2) is 4.98 Å². The van der Waals surface area contributed by atoms with E-state index >= 15 is 0 Å². The van der Waals surface area contributed by atoms with Crippen LogP contribution in [0.15, 0.2) is 114 Å². The van der Waals surface area contributed by atoms with Crippen molar-refractivity contribution in [2.45, 2.75) is 12.3 Å². The number of carboxylic acid groups (broad SMARTS) is 1. The van der Waals surface area contributed by atoms with Crippen LogP contribution in [0.2, 0.25) is 0 Å². The van der Waals surface area contributed by atoms with Crippen LogP contribution >= 0.6 is 0 Å². The molecule has 4 nitrogen and oxygen atoms in total. The number of aliphatic carboxylic acids is 1. The van der Waals surface area contributed by atoms with Crippen molar-refractivity contribution in [2.75, 3.05) is 0 Å². The van der Waals surface area contributed by atoms with Crippen molar-refractivity contribution in [3.63, 3.8) is 0 Å². The molecule has 0 amide bonds. The molecule has 0 spiro atoms. The summed E-state index contributed by atoms with van der Waals surface area (Å²) in [6.07, 6.45) is 0.695. The summed E-state index contributed by atoms with van der Waals surface area (Å²) in [5, 5.41) is 9.36. The topological polar surface area (TPSA) is 63.3 Å². The maximum atomic E-state index is 11.4. The van der Waals surface area contributed by atoms with Crippen molar-refractivity contribution in [3.8, 4) is 45.2 Å². The van der Waals surface area contributed by atoms with Gasteiger partial charge in [0, 0.05) is 16.7 Å². The fourth-order valence-corrected chi connectivity index (χ4v) is 4.71. The Labute approximate surface area is 203 Å². The predicted octanol–water partition coefficient (Wildman–Crippen LogP) is 7.53. The van der Waals surface area contributed by atoms with Crippen LogP contribution in [0.1, 0.15) is 17.9 Å². The molecule has 0 aliphatic heterocycles. The van der Waals surface area contributed by atoms with Crippen LogP contribution in [0, 0.1) is 5.92 Å². The number of aromatic nitrogens is 1. The second kappa shape index (κ2) is 8.73. The zero-order valence-electron chi connectivity index (χ0n) is 19.0. The molecule has 0 bridgehead atoms. The minimum Gasteiger partial charge on any atom is -0.481 e. The van der Waals surface area contributed by atoms with Gasteiger partial charge in [-0.2, -0.15) is 0 Å². The molecule has 4 aromatic carbocycles. The zero-order chi connectivity index (χ0) is 23.8. The first-order valence-electron chi connectivity index (χ1n) is 11.7. The molecule has 5 aromatic rings. The van der Waals surface area contributed by atoms with Crippen molar-refractivity contribution in [3.05, 3.63) is 115 Å². The first-order chi connectivity index (χ1) is 17.2. The van der Waals surface area contributed by atoms with E-state index in [0.717, 1.165) is 44.8 Å². The Bertz CT molecular complexity index is 1450. The van der Waals surface area contributed by atoms with Gasteiger partial charge < -0.3 is 9.52 Å². The summed E-state index contributed by atoms with van der Waals surface area (Å²) >= 11 is 0. The van der Waals surface area contributed by atoms with Gasteiger partial charge in [-0.1, -0.05) is 103 Å². The lowest BCUT2D eigenvalue weighted by Crippen LogP contribution is -1.99. The van der Waals surface area contributed by atoms with Crippen LogP contribution in [0.3, 0.4) is 0 Å². The number of hydrogen-bond acceptors (Lipinski definition) is 3. The highest BCUT2D eigenvalue weighted by molar-refractivity contribution is 5.84. The summed E-state index contributed by atoms with van der Waals surface area (Å²) in [5.74, 6) is 0.364. The van der Waals surface area contributed by atoms with Gasteiger partial charge in [-0.15, -0.1) is 0 Å². The highest BCUT2D eigenvalue weighted by atomic mass is 16.4. The van der Waals surface area contributed by atoms with Crippen LogP contribution in [-0.4, -0.2) is 16.1 Å². The van der Waals surface area contributed by atoms with Gasteiger partial charge in [0.05, 0.1) is 5.92 Å². The maximum Gasteiger partial charge on any atom is 0.307 e. The molecule has 1 aliphatic carbocycles. The van der Waals surface area contributed by atoms with Crippen LogP contribution in [0.4, 0.5) is 0 Å². The normalized spacial score (nSPS) is 16.7. The highest BCUT2D eigenvalue weighted by Gasteiger charge is 2.44. The average Bonchev–Trinajstić information content (AvgIpc) is 3.61. The van der Waals surface area contributed by atoms with Crippen molar-refractivity contribution < 1.29 is 14.3 Å². The van der Waals surface area contributed by atoms with E-state index < -0.39 is 5.97 Å². The molecule has 1 aromatic heterocycles. The van der Waals surface area contributed by atoms with Crippen molar-refractivity contribution in [1.82, 2.24) is 4.98 Å². The number of hydrogen-bond donors (Lipinski definition) is 1. The number of oxazole rings is 1. The van der Waals surface area contributed by atoms with E-state index in [1.165, 1.54) is 0 Å². The van der Waals surface area contributed by atoms with Crippen LogP contribution in [0.5, 0.6) is 0 Å². The Hall–Kier alpha value is -4.44. The van der Waals surface area contributed by atoms with E-state index in [-0.39, 0.29) is 11.8 Å². The van der Waals surface area contributed by atoms with E-state index in [9.17, 15) is 9.90 Å². The molecule has 2 atom stereocenters. The zero-order valence-corrected chi connectivity index (χ0v) is 19.0. The van der Waals surface area contributed by atoms with E-state index in [4.69, 9.17) is 9.40 Å². The number of nitrogens with zero attached hydrogens (tertiary/aromatic N) is 1. The van der Waals surface area contributed by atoms with Gasteiger partial charge in [0.1, 0.15) is 5.69 Å². The fraction of sp³-hybridized carbons (Fsp3) is 0.0968. The molecule has 1 heterocycles. The van der Waals surface area contributed by atoms with E-state index in [1.54, 1.807) is 0 Å². The molecule has 6 rings (SSSR count). The first-order valence-corrected chi connectivity index (χ1v) is 11.7. The Balaban J connectivity index is 1.46. The van der Waals surface area contributed by atoms with Gasteiger partial charge in [0.15, 0.2) is 5.76 Å². The van der Waals surface area contributed by atoms with E-state index in [1.807, 2.05) is 91.0 Å². The van der Waals surface area contributed by atoms with Gasteiger partial charge >= 0.3 is 5.97 Å². The summed E-state index contributed by atoms with van der Waals surface area (Å²) in [7, 11) is 0. The quantitative estimate of drug-likeness (QED) is 0.286. The Morgan fingerprint density at radius 1 is 0.743 bits per heavy atom. The maximum absolute atomic E-state index is 11.4. The molecular weight excluding hydrogens is 434 g/mol. The molecule has 170 valence electrons. The molecule has 1 aliphatic rings. The lowest BCUT2D eigenvalue weighted by molar-refractivity contribution is -0.138. The minimum absolute atomic E-state index is 0.0794. The summed E-state index contributed by atoms with van der Waals surface area (Å²) in [6.45, 7) is 0. The summed E-state index contributed by atoms with van der Waals surface area (Å²) in [5.41, 5.74) is 6.75. The van der Waals surface area contributed by atoms with Gasteiger partial charge in [0.2, 0.25) is 5.89 Å². The lowest BCUT2D eigenvalue weighted by Gasteiger charge is -2.09. The Kier molecular flexibility index (Phi) is 5.27. The summed E-state index contributed by atoms with van der Waals surface area (Å²) in [6, 6.07) is 36.3. The van der Waals surface area contributed by atoms with Crippen molar-refractivity contribution in [1.29, 1.82) is 0 Å². The highest BCUT2D eigenvalue weighted by Crippen LogP contribution is 2.48. The third kappa shape index (κ3) is 4.04. The molecule has 35 heavy (non-hydrogen) atoms. The second-order valence-electron chi connectivity index (χ2n) is 8.89. The molecule has 0 saturated heterocycles. The molecule has 1 N–H and O–H groups in total. The standard InChI is InChI=1S/C31H23NO3/c33-31(34)27-19-26(27)23-15-9-14-22(18-23)24-16-7-8-17-25(24)30-32-28(20-10-3-1-4-11-20)29(35-30)21-12-5-2-6-13-21/h1-18,26-27H,19H2,(H,33,34). The minimum atomic E-state index is -0.720. The molecular formula is C31H23NO3. The Morgan fingerprint density at radius 2 is 1.37 bits per heavy atom. The average molecular weight is 458 g/mol. The third-order valence-corrected chi connectivity index (χ3v) is 6.60. The summed E-state index contributed by atoms with van der Waals surface area (Å²) in [4.78, 5) is 16.4. The Morgan fingerprint density at radius 3 is 2.06 bits per heavy atom. The van der Waals surface area contributed by atoms with Gasteiger partial charge in [-0.05, 0) is 35.1 Å². The van der Waals surface area contributed by atoms with Gasteiger partial charge in [-0.3, -0.25) is 4.79 Å². The third-order valence-electron chi connectivity index (χ3n) is 6.60. The molecule has 1 fully saturated rings.